The third-order valence-electron chi connectivity index (χ3n) is 5.89. The highest BCUT2D eigenvalue weighted by Gasteiger charge is 2.29. The van der Waals surface area contributed by atoms with Crippen molar-refractivity contribution < 1.29 is 9.18 Å². The zero-order valence-electron chi connectivity index (χ0n) is 15.8. The summed E-state index contributed by atoms with van der Waals surface area (Å²) in [5, 5.41) is 8.52. The molecule has 0 spiro atoms. The van der Waals surface area contributed by atoms with Crippen LogP contribution in [-0.4, -0.2) is 21.7 Å². The van der Waals surface area contributed by atoms with Crippen molar-refractivity contribution in [2.24, 2.45) is 18.9 Å². The van der Waals surface area contributed by atoms with Crippen LogP contribution in [0.4, 0.5) is 4.39 Å². The Kier molecular flexibility index (Phi) is 4.76. The van der Waals surface area contributed by atoms with Crippen molar-refractivity contribution in [1.82, 2.24) is 15.1 Å². The molecule has 1 N–H and O–H groups in total. The molecule has 2 aromatic heterocycles. The second kappa shape index (κ2) is 7.08. The summed E-state index contributed by atoms with van der Waals surface area (Å²) in [6, 6.07) is 8.68. The van der Waals surface area contributed by atoms with Crippen molar-refractivity contribution in [3.63, 3.8) is 0 Å². The largest absolute Gasteiger partial charge is 0.348 e. The zero-order valence-corrected chi connectivity index (χ0v) is 16.6. The number of benzene rings is 1. The molecule has 3 aromatic rings. The van der Waals surface area contributed by atoms with Crippen molar-refractivity contribution in [3.05, 3.63) is 41.0 Å². The molecule has 1 fully saturated rings. The number of amides is 1. The smallest absolute Gasteiger partial charge is 0.261 e. The first-order valence-electron chi connectivity index (χ1n) is 9.48. The predicted molar refractivity (Wildman–Crippen MR) is 107 cm³/mol. The lowest BCUT2D eigenvalue weighted by atomic mass is 9.78. The van der Waals surface area contributed by atoms with Gasteiger partial charge in [0, 0.05) is 24.0 Å². The summed E-state index contributed by atoms with van der Waals surface area (Å²) in [6.07, 6.45) is 3.42. The second-order valence-electron chi connectivity index (χ2n) is 7.63. The summed E-state index contributed by atoms with van der Waals surface area (Å²) in [6.45, 7) is 4.48. The predicted octanol–water partition coefficient (Wildman–Crippen LogP) is 5.00. The van der Waals surface area contributed by atoms with Crippen LogP contribution in [-0.2, 0) is 7.05 Å². The van der Waals surface area contributed by atoms with E-state index in [2.05, 4.69) is 24.3 Å². The number of aromatic nitrogens is 2. The van der Waals surface area contributed by atoms with Crippen molar-refractivity contribution in [3.8, 4) is 11.3 Å². The molecule has 3 atom stereocenters. The van der Waals surface area contributed by atoms with Gasteiger partial charge in [0.1, 0.15) is 16.3 Å². The Labute approximate surface area is 162 Å². The van der Waals surface area contributed by atoms with Crippen molar-refractivity contribution in [2.45, 2.75) is 39.2 Å². The van der Waals surface area contributed by atoms with Crippen LogP contribution in [0, 0.1) is 17.7 Å². The first kappa shape index (κ1) is 18.2. The first-order chi connectivity index (χ1) is 13.0. The maximum absolute atomic E-state index is 14.2. The van der Waals surface area contributed by atoms with E-state index in [0.717, 1.165) is 23.1 Å². The van der Waals surface area contributed by atoms with Gasteiger partial charge in [0.2, 0.25) is 0 Å². The molecule has 1 amide bonds. The standard InChI is InChI=1S/C21H24FN3OS/c1-12-7-6-10-17(13(12)2)23-20(26)18-11-15-19(24-25(3)21(15)27-18)14-8-4-5-9-16(14)22/h4-5,8-9,11-13,17H,6-7,10H2,1-3H3,(H,23,26). The number of nitrogens with zero attached hydrogens (tertiary/aromatic N) is 2. The van der Waals surface area contributed by atoms with E-state index in [-0.39, 0.29) is 17.8 Å². The Morgan fingerprint density at radius 3 is 2.85 bits per heavy atom. The number of rotatable bonds is 3. The van der Waals surface area contributed by atoms with E-state index < -0.39 is 0 Å². The zero-order chi connectivity index (χ0) is 19.1. The Morgan fingerprint density at radius 1 is 1.30 bits per heavy atom. The molecule has 4 rings (SSSR count). The molecule has 6 heteroatoms. The highest BCUT2D eigenvalue weighted by atomic mass is 32.1. The van der Waals surface area contributed by atoms with Gasteiger partial charge >= 0.3 is 0 Å². The van der Waals surface area contributed by atoms with Gasteiger partial charge in [-0.1, -0.05) is 38.8 Å². The quantitative estimate of drug-likeness (QED) is 0.690. The van der Waals surface area contributed by atoms with Crippen molar-refractivity contribution >= 4 is 27.5 Å². The number of fused-ring (bicyclic) bond motifs is 1. The van der Waals surface area contributed by atoms with Gasteiger partial charge in [0.25, 0.3) is 5.91 Å². The van der Waals surface area contributed by atoms with Crippen LogP contribution in [0.25, 0.3) is 21.5 Å². The molecule has 0 aliphatic heterocycles. The molecule has 1 saturated carbocycles. The van der Waals surface area contributed by atoms with Gasteiger partial charge in [-0.3, -0.25) is 9.48 Å². The molecule has 0 saturated heterocycles. The average Bonchev–Trinajstić information content (AvgIpc) is 3.20. The molecular weight excluding hydrogens is 361 g/mol. The second-order valence-corrected chi connectivity index (χ2v) is 8.66. The molecule has 0 radical (unpaired) electrons. The van der Waals surface area contributed by atoms with E-state index in [1.807, 2.05) is 13.1 Å². The van der Waals surface area contributed by atoms with Gasteiger partial charge in [-0.2, -0.15) is 5.10 Å². The van der Waals surface area contributed by atoms with Crippen molar-refractivity contribution in [2.75, 3.05) is 0 Å². The van der Waals surface area contributed by atoms with E-state index in [1.54, 1.807) is 22.9 Å². The van der Waals surface area contributed by atoms with Crippen molar-refractivity contribution in [1.29, 1.82) is 0 Å². The summed E-state index contributed by atoms with van der Waals surface area (Å²) in [5.41, 5.74) is 1.04. The number of thiophene rings is 1. The SMILES string of the molecule is CC1CCCC(NC(=O)c2cc3c(-c4ccccc4F)nn(C)c3s2)C1C. The Balaban J connectivity index is 1.65. The minimum Gasteiger partial charge on any atom is -0.348 e. The Morgan fingerprint density at radius 2 is 2.07 bits per heavy atom. The van der Waals surface area contributed by atoms with Gasteiger partial charge < -0.3 is 5.32 Å². The van der Waals surface area contributed by atoms with Crippen LogP contribution in [0.15, 0.2) is 30.3 Å². The monoisotopic (exact) mass is 385 g/mol. The average molecular weight is 386 g/mol. The molecule has 1 aliphatic rings. The summed E-state index contributed by atoms with van der Waals surface area (Å²) in [7, 11) is 1.83. The lowest BCUT2D eigenvalue weighted by molar-refractivity contribution is 0.0895. The number of hydrogen-bond donors (Lipinski definition) is 1. The number of carbonyl (C=O) groups excluding carboxylic acids is 1. The fraction of sp³-hybridized carbons (Fsp3) is 0.429. The maximum Gasteiger partial charge on any atom is 0.261 e. The Hall–Kier alpha value is -2.21. The molecular formula is C21H24FN3OS. The molecule has 4 nitrogen and oxygen atoms in total. The Bertz CT molecular complexity index is 993. The van der Waals surface area contributed by atoms with E-state index >= 15 is 0 Å². The summed E-state index contributed by atoms with van der Waals surface area (Å²) in [4.78, 5) is 14.4. The fourth-order valence-corrected chi connectivity index (χ4v) is 5.01. The number of carbonyl (C=O) groups is 1. The number of hydrogen-bond acceptors (Lipinski definition) is 3. The molecule has 1 aromatic carbocycles. The maximum atomic E-state index is 14.2. The van der Waals surface area contributed by atoms with Crippen LogP contribution >= 0.6 is 11.3 Å². The van der Waals surface area contributed by atoms with E-state index in [4.69, 9.17) is 0 Å². The number of aryl methyl sites for hydroxylation is 1. The summed E-state index contributed by atoms with van der Waals surface area (Å²) in [5.74, 6) is 0.761. The topological polar surface area (TPSA) is 46.9 Å². The van der Waals surface area contributed by atoms with E-state index in [0.29, 0.717) is 28.0 Å². The summed E-state index contributed by atoms with van der Waals surface area (Å²) < 4.78 is 16.0. The number of nitrogens with one attached hydrogen (secondary N) is 1. The number of halogens is 1. The van der Waals surface area contributed by atoms with Gasteiger partial charge in [0.15, 0.2) is 0 Å². The molecule has 2 heterocycles. The lowest BCUT2D eigenvalue weighted by Crippen LogP contribution is -2.43. The molecule has 27 heavy (non-hydrogen) atoms. The van der Waals surface area contributed by atoms with Crippen LogP contribution in [0.5, 0.6) is 0 Å². The molecule has 1 aliphatic carbocycles. The first-order valence-corrected chi connectivity index (χ1v) is 10.3. The highest BCUT2D eigenvalue weighted by Crippen LogP contribution is 2.35. The van der Waals surface area contributed by atoms with Crippen LogP contribution in [0.2, 0.25) is 0 Å². The third kappa shape index (κ3) is 3.27. The van der Waals surface area contributed by atoms with Gasteiger partial charge in [-0.15, -0.1) is 11.3 Å². The fourth-order valence-electron chi connectivity index (χ4n) is 4.03. The van der Waals surface area contributed by atoms with E-state index in [1.165, 1.54) is 23.8 Å². The minimum atomic E-state index is -0.306. The molecule has 0 bridgehead atoms. The van der Waals surface area contributed by atoms with Gasteiger partial charge in [-0.25, -0.2) is 4.39 Å². The van der Waals surface area contributed by atoms with Gasteiger partial charge in [-0.05, 0) is 36.5 Å². The normalized spacial score (nSPS) is 22.9. The minimum absolute atomic E-state index is 0.0402. The summed E-state index contributed by atoms with van der Waals surface area (Å²) >= 11 is 1.41. The highest BCUT2D eigenvalue weighted by molar-refractivity contribution is 7.20. The molecule has 3 unspecified atom stereocenters. The van der Waals surface area contributed by atoms with E-state index in [9.17, 15) is 9.18 Å². The molecule has 142 valence electrons. The third-order valence-corrected chi connectivity index (χ3v) is 7.09. The van der Waals surface area contributed by atoms with Crippen LogP contribution < -0.4 is 5.32 Å². The van der Waals surface area contributed by atoms with Crippen LogP contribution in [0.3, 0.4) is 0 Å². The van der Waals surface area contributed by atoms with Crippen LogP contribution in [0.1, 0.15) is 42.8 Å². The van der Waals surface area contributed by atoms with Gasteiger partial charge in [0.05, 0.1) is 4.88 Å². The lowest BCUT2D eigenvalue weighted by Gasteiger charge is -2.34.